The van der Waals surface area contributed by atoms with Gasteiger partial charge in [-0.15, -0.1) is 0 Å². The highest BCUT2D eigenvalue weighted by atomic mass is 19.2. The summed E-state index contributed by atoms with van der Waals surface area (Å²) in [6.07, 6.45) is 2.18. The zero-order valence-electron chi connectivity index (χ0n) is 9.33. The Hall–Kier alpha value is -1.20. The second-order valence-corrected chi connectivity index (χ2v) is 4.18. The molecule has 0 spiro atoms. The van der Waals surface area contributed by atoms with Crippen LogP contribution >= 0.6 is 0 Å². The molecule has 0 aromatic heterocycles. The van der Waals surface area contributed by atoms with Crippen molar-refractivity contribution < 1.29 is 18.6 Å². The fraction of sp³-hybridized carbons (Fsp3) is 0.500. The quantitative estimate of drug-likeness (QED) is 0.794. The SMILES string of the molecule is OCC(COc1cccc(F)c1F)NC1CC1. The van der Waals surface area contributed by atoms with Crippen LogP contribution in [0.15, 0.2) is 18.2 Å². The first-order chi connectivity index (χ1) is 8.20. The van der Waals surface area contributed by atoms with Crippen LogP contribution in [0.1, 0.15) is 12.8 Å². The standard InChI is InChI=1S/C12H15F2NO2/c13-10-2-1-3-11(12(10)14)17-7-9(6-16)15-8-4-5-8/h1-3,8-9,15-16H,4-7H2. The van der Waals surface area contributed by atoms with Crippen molar-refractivity contribution in [2.75, 3.05) is 13.2 Å². The van der Waals surface area contributed by atoms with E-state index in [0.717, 1.165) is 18.9 Å². The van der Waals surface area contributed by atoms with Gasteiger partial charge in [-0.05, 0) is 25.0 Å². The van der Waals surface area contributed by atoms with Gasteiger partial charge in [-0.1, -0.05) is 6.07 Å². The molecule has 0 aliphatic heterocycles. The summed E-state index contributed by atoms with van der Waals surface area (Å²) in [6, 6.07) is 3.96. The lowest BCUT2D eigenvalue weighted by atomic mass is 10.3. The molecule has 1 aliphatic carbocycles. The van der Waals surface area contributed by atoms with Crippen molar-refractivity contribution in [1.82, 2.24) is 5.32 Å². The van der Waals surface area contributed by atoms with Gasteiger partial charge < -0.3 is 15.2 Å². The van der Waals surface area contributed by atoms with Gasteiger partial charge in [0.05, 0.1) is 12.6 Å². The van der Waals surface area contributed by atoms with Crippen molar-refractivity contribution in [1.29, 1.82) is 0 Å². The molecule has 17 heavy (non-hydrogen) atoms. The average Bonchev–Trinajstić information content (AvgIpc) is 3.13. The molecule has 3 nitrogen and oxygen atoms in total. The Morgan fingerprint density at radius 3 is 2.82 bits per heavy atom. The molecule has 5 heteroatoms. The molecule has 2 N–H and O–H groups in total. The number of aliphatic hydroxyl groups excluding tert-OH is 1. The molecule has 1 aromatic carbocycles. The first-order valence-corrected chi connectivity index (χ1v) is 5.64. The maximum Gasteiger partial charge on any atom is 0.200 e. The lowest BCUT2D eigenvalue weighted by molar-refractivity contribution is 0.177. The first kappa shape index (κ1) is 12.3. The van der Waals surface area contributed by atoms with Gasteiger partial charge in [-0.2, -0.15) is 4.39 Å². The van der Waals surface area contributed by atoms with Gasteiger partial charge >= 0.3 is 0 Å². The maximum atomic E-state index is 13.2. The lowest BCUT2D eigenvalue weighted by Gasteiger charge is -2.16. The van der Waals surface area contributed by atoms with Gasteiger partial charge in [0.1, 0.15) is 6.61 Å². The van der Waals surface area contributed by atoms with Gasteiger partial charge in [0.2, 0.25) is 5.82 Å². The Morgan fingerprint density at radius 2 is 2.18 bits per heavy atom. The highest BCUT2D eigenvalue weighted by Crippen LogP contribution is 2.21. The van der Waals surface area contributed by atoms with E-state index in [9.17, 15) is 8.78 Å². The Kier molecular flexibility index (Phi) is 3.91. The Balaban J connectivity index is 1.88. The summed E-state index contributed by atoms with van der Waals surface area (Å²) in [4.78, 5) is 0. The minimum absolute atomic E-state index is 0.0898. The fourth-order valence-corrected chi connectivity index (χ4v) is 1.52. The zero-order valence-corrected chi connectivity index (χ0v) is 9.33. The number of hydrogen-bond acceptors (Lipinski definition) is 3. The second-order valence-electron chi connectivity index (χ2n) is 4.18. The summed E-state index contributed by atoms with van der Waals surface area (Å²) >= 11 is 0. The first-order valence-electron chi connectivity index (χ1n) is 5.64. The third-order valence-electron chi connectivity index (χ3n) is 2.63. The molecule has 1 aliphatic rings. The molecule has 2 rings (SSSR count). The monoisotopic (exact) mass is 243 g/mol. The van der Waals surface area contributed by atoms with Crippen molar-refractivity contribution in [3.63, 3.8) is 0 Å². The van der Waals surface area contributed by atoms with Gasteiger partial charge in [-0.25, -0.2) is 4.39 Å². The van der Waals surface area contributed by atoms with Crippen LogP contribution in [0, 0.1) is 11.6 Å². The van der Waals surface area contributed by atoms with Crippen molar-refractivity contribution in [2.24, 2.45) is 0 Å². The number of benzene rings is 1. The van der Waals surface area contributed by atoms with Crippen LogP contribution in [0.3, 0.4) is 0 Å². The third kappa shape index (κ3) is 3.38. The molecule has 1 fully saturated rings. The smallest absolute Gasteiger partial charge is 0.200 e. The maximum absolute atomic E-state index is 13.2. The van der Waals surface area contributed by atoms with Crippen LogP contribution in [0.25, 0.3) is 0 Å². The largest absolute Gasteiger partial charge is 0.489 e. The molecule has 94 valence electrons. The van der Waals surface area contributed by atoms with E-state index in [2.05, 4.69) is 5.32 Å². The molecule has 1 unspecified atom stereocenters. The molecule has 1 aromatic rings. The summed E-state index contributed by atoms with van der Waals surface area (Å²) in [5.41, 5.74) is 0. The number of rotatable bonds is 6. The van der Waals surface area contributed by atoms with E-state index in [1.54, 1.807) is 0 Å². The van der Waals surface area contributed by atoms with E-state index in [1.807, 2.05) is 0 Å². The topological polar surface area (TPSA) is 41.5 Å². The normalized spacial score (nSPS) is 16.9. The van der Waals surface area contributed by atoms with Gasteiger partial charge in [0.25, 0.3) is 0 Å². The molecular weight excluding hydrogens is 228 g/mol. The van der Waals surface area contributed by atoms with E-state index < -0.39 is 11.6 Å². The van der Waals surface area contributed by atoms with Crippen LogP contribution in [-0.4, -0.2) is 30.4 Å². The van der Waals surface area contributed by atoms with Crippen LogP contribution in [0.4, 0.5) is 8.78 Å². The molecule has 0 heterocycles. The van der Waals surface area contributed by atoms with E-state index in [1.165, 1.54) is 12.1 Å². The molecule has 1 atom stereocenters. The highest BCUT2D eigenvalue weighted by molar-refractivity contribution is 5.25. The van der Waals surface area contributed by atoms with Gasteiger partial charge in [-0.3, -0.25) is 0 Å². The van der Waals surface area contributed by atoms with E-state index in [4.69, 9.17) is 9.84 Å². The Bertz CT molecular complexity index is 383. The summed E-state index contributed by atoms with van der Waals surface area (Å²) in [6.45, 7) is 0.0286. The average molecular weight is 243 g/mol. The lowest BCUT2D eigenvalue weighted by Crippen LogP contribution is -2.39. The second kappa shape index (κ2) is 5.42. The minimum Gasteiger partial charge on any atom is -0.489 e. The molecule has 1 saturated carbocycles. The minimum atomic E-state index is -0.990. The van der Waals surface area contributed by atoms with E-state index in [0.29, 0.717) is 6.04 Å². The highest BCUT2D eigenvalue weighted by Gasteiger charge is 2.24. The summed E-state index contributed by atoms with van der Waals surface area (Å²) < 4.78 is 31.3. The number of halogens is 2. The Labute approximate surface area is 98.4 Å². The predicted octanol–water partition coefficient (Wildman–Crippen LogP) is 1.46. The third-order valence-corrected chi connectivity index (χ3v) is 2.63. The molecular formula is C12H15F2NO2. The molecule has 0 amide bonds. The van der Waals surface area contributed by atoms with Crippen molar-refractivity contribution in [3.05, 3.63) is 29.8 Å². The van der Waals surface area contributed by atoms with Crippen LogP contribution < -0.4 is 10.1 Å². The summed E-state index contributed by atoms with van der Waals surface area (Å²) in [5.74, 6) is -2.05. The number of hydrogen-bond donors (Lipinski definition) is 2. The molecule has 0 saturated heterocycles. The number of aliphatic hydroxyl groups is 1. The van der Waals surface area contributed by atoms with Crippen molar-refractivity contribution in [3.8, 4) is 5.75 Å². The van der Waals surface area contributed by atoms with Gasteiger partial charge in [0.15, 0.2) is 11.6 Å². The molecule has 0 bridgehead atoms. The summed E-state index contributed by atoms with van der Waals surface area (Å²) in [7, 11) is 0. The van der Waals surface area contributed by atoms with Crippen molar-refractivity contribution >= 4 is 0 Å². The Morgan fingerprint density at radius 1 is 1.41 bits per heavy atom. The number of ether oxygens (including phenoxy) is 1. The van der Waals surface area contributed by atoms with Gasteiger partial charge in [0, 0.05) is 6.04 Å². The van der Waals surface area contributed by atoms with Crippen molar-refractivity contribution in [2.45, 2.75) is 24.9 Å². The fourth-order valence-electron chi connectivity index (χ4n) is 1.52. The summed E-state index contributed by atoms with van der Waals surface area (Å²) in [5, 5.41) is 12.2. The van der Waals surface area contributed by atoms with Crippen LogP contribution in [0.2, 0.25) is 0 Å². The van der Waals surface area contributed by atoms with E-state index in [-0.39, 0.29) is 25.0 Å². The molecule has 0 radical (unpaired) electrons. The van der Waals surface area contributed by atoms with Crippen LogP contribution in [0.5, 0.6) is 5.75 Å². The zero-order chi connectivity index (χ0) is 12.3. The van der Waals surface area contributed by atoms with E-state index >= 15 is 0 Å². The van der Waals surface area contributed by atoms with Crippen LogP contribution in [-0.2, 0) is 0 Å². The predicted molar refractivity (Wildman–Crippen MR) is 58.9 cm³/mol. The number of nitrogens with one attached hydrogen (secondary N) is 1.